The van der Waals surface area contributed by atoms with Crippen LogP contribution in [0.2, 0.25) is 0 Å². The second kappa shape index (κ2) is 5.66. The molecule has 3 fully saturated rings. The molecular weight excluding hydrogens is 274 g/mol. The third-order valence-electron chi connectivity index (χ3n) is 5.71. The lowest BCUT2D eigenvalue weighted by Gasteiger charge is -2.52. The highest BCUT2D eigenvalue weighted by atomic mass is 32.2. The predicted molar refractivity (Wildman–Crippen MR) is 80.2 cm³/mol. The molecule has 0 aromatic heterocycles. The average molecular weight is 301 g/mol. The molecule has 3 aliphatic carbocycles. The number of nitrogens with one attached hydrogen (secondary N) is 1. The topological polar surface area (TPSA) is 63.2 Å². The molecule has 0 unspecified atom stereocenters. The molecular formula is C15H27NO3S. The molecule has 3 aliphatic rings. The van der Waals surface area contributed by atoms with E-state index < -0.39 is 9.84 Å². The molecule has 0 saturated heterocycles. The van der Waals surface area contributed by atoms with E-state index in [0.717, 1.165) is 51.4 Å². The molecule has 1 amide bonds. The lowest BCUT2D eigenvalue weighted by Crippen LogP contribution is -2.49. The van der Waals surface area contributed by atoms with E-state index in [1.165, 1.54) is 0 Å². The van der Waals surface area contributed by atoms with Crippen LogP contribution in [0.4, 0.5) is 0 Å². The first-order chi connectivity index (χ1) is 9.37. The van der Waals surface area contributed by atoms with Gasteiger partial charge in [-0.2, -0.15) is 0 Å². The van der Waals surface area contributed by atoms with Crippen LogP contribution in [0.3, 0.4) is 0 Å². The van der Waals surface area contributed by atoms with Crippen molar-refractivity contribution in [3.8, 4) is 0 Å². The molecule has 0 spiro atoms. The van der Waals surface area contributed by atoms with Crippen molar-refractivity contribution in [2.45, 2.75) is 58.3 Å². The van der Waals surface area contributed by atoms with Crippen LogP contribution in [0.15, 0.2) is 0 Å². The zero-order valence-electron chi connectivity index (χ0n) is 12.7. The van der Waals surface area contributed by atoms with Gasteiger partial charge in [0.1, 0.15) is 9.84 Å². The van der Waals surface area contributed by atoms with E-state index in [2.05, 4.69) is 5.32 Å². The van der Waals surface area contributed by atoms with Crippen LogP contribution in [0, 0.1) is 10.8 Å². The van der Waals surface area contributed by atoms with E-state index in [-0.39, 0.29) is 17.1 Å². The van der Waals surface area contributed by atoms with E-state index in [9.17, 15) is 13.2 Å². The summed E-state index contributed by atoms with van der Waals surface area (Å²) in [6, 6.07) is 0. The molecule has 3 saturated carbocycles. The van der Waals surface area contributed by atoms with Crippen LogP contribution >= 0.6 is 0 Å². The minimum absolute atomic E-state index is 0.119. The molecule has 1 N–H and O–H groups in total. The zero-order valence-corrected chi connectivity index (χ0v) is 13.5. The zero-order chi connectivity index (χ0) is 14.9. The smallest absolute Gasteiger partial charge is 0.225 e. The van der Waals surface area contributed by atoms with Crippen molar-refractivity contribution < 1.29 is 13.2 Å². The number of hydrogen-bond acceptors (Lipinski definition) is 3. The Balaban J connectivity index is 1.89. The van der Waals surface area contributed by atoms with Crippen LogP contribution in [0.1, 0.15) is 58.3 Å². The Kier molecular flexibility index (Phi) is 4.47. The third-order valence-corrected chi connectivity index (χ3v) is 7.50. The monoisotopic (exact) mass is 301 g/mol. The molecule has 3 rings (SSSR count). The first-order valence-corrected chi connectivity index (χ1v) is 9.62. The molecule has 4 nitrogen and oxygen atoms in total. The quantitative estimate of drug-likeness (QED) is 0.818. The molecule has 0 aromatic carbocycles. The van der Waals surface area contributed by atoms with Gasteiger partial charge >= 0.3 is 0 Å². The van der Waals surface area contributed by atoms with Crippen LogP contribution in [-0.2, 0) is 14.6 Å². The van der Waals surface area contributed by atoms with Crippen molar-refractivity contribution in [2.24, 2.45) is 10.8 Å². The maximum Gasteiger partial charge on any atom is 0.225 e. The molecule has 5 heteroatoms. The van der Waals surface area contributed by atoms with Crippen molar-refractivity contribution >= 4 is 15.7 Å². The summed E-state index contributed by atoms with van der Waals surface area (Å²) < 4.78 is 23.1. The van der Waals surface area contributed by atoms with Gasteiger partial charge in [-0.1, -0.05) is 6.92 Å². The first-order valence-electron chi connectivity index (χ1n) is 7.80. The van der Waals surface area contributed by atoms with Gasteiger partial charge < -0.3 is 5.32 Å². The molecule has 0 aliphatic heterocycles. The molecule has 0 radical (unpaired) electrons. The SMILES string of the molecule is CCS(=O)(=O)CCCC12CCC(C(=O)NC)(CC1)CC2. The average Bonchev–Trinajstić information content (AvgIpc) is 2.48. The van der Waals surface area contributed by atoms with Gasteiger partial charge in [-0.05, 0) is 56.8 Å². The molecule has 116 valence electrons. The Morgan fingerprint density at radius 3 is 2.10 bits per heavy atom. The fraction of sp³-hybridized carbons (Fsp3) is 0.933. The maximum absolute atomic E-state index is 12.0. The minimum Gasteiger partial charge on any atom is -0.359 e. The summed E-state index contributed by atoms with van der Waals surface area (Å²) in [7, 11) is -1.11. The van der Waals surface area contributed by atoms with E-state index >= 15 is 0 Å². The Morgan fingerprint density at radius 2 is 1.65 bits per heavy atom. The van der Waals surface area contributed by atoms with Crippen molar-refractivity contribution in [1.82, 2.24) is 5.32 Å². The predicted octanol–water partition coefficient (Wildman–Crippen LogP) is 2.29. The lowest BCUT2D eigenvalue weighted by atomic mass is 9.52. The molecule has 0 aromatic rings. The minimum atomic E-state index is -2.84. The van der Waals surface area contributed by atoms with Crippen molar-refractivity contribution in [3.05, 3.63) is 0 Å². The molecule has 0 heterocycles. The van der Waals surface area contributed by atoms with Gasteiger partial charge in [0.25, 0.3) is 0 Å². The largest absolute Gasteiger partial charge is 0.359 e. The number of carbonyl (C=O) groups is 1. The summed E-state index contributed by atoms with van der Waals surface area (Å²) in [5.41, 5.74) is 0.199. The van der Waals surface area contributed by atoms with Crippen molar-refractivity contribution in [2.75, 3.05) is 18.6 Å². The van der Waals surface area contributed by atoms with E-state index in [0.29, 0.717) is 11.2 Å². The van der Waals surface area contributed by atoms with Gasteiger partial charge in [-0.15, -0.1) is 0 Å². The van der Waals surface area contributed by atoms with Crippen LogP contribution in [-0.4, -0.2) is 32.9 Å². The molecule has 20 heavy (non-hydrogen) atoms. The van der Waals surface area contributed by atoms with Gasteiger partial charge in [0.2, 0.25) is 5.91 Å². The number of fused-ring (bicyclic) bond motifs is 3. The Labute approximate surface area is 122 Å². The fourth-order valence-corrected chi connectivity index (χ4v) is 4.93. The summed E-state index contributed by atoms with van der Waals surface area (Å²) in [6.45, 7) is 1.71. The van der Waals surface area contributed by atoms with Crippen LogP contribution < -0.4 is 5.32 Å². The van der Waals surface area contributed by atoms with Crippen LogP contribution in [0.25, 0.3) is 0 Å². The number of amides is 1. The van der Waals surface area contributed by atoms with E-state index in [1.807, 2.05) is 0 Å². The summed E-state index contributed by atoms with van der Waals surface area (Å²) in [5, 5.41) is 2.82. The lowest BCUT2D eigenvalue weighted by molar-refractivity contribution is -0.140. The molecule has 0 atom stereocenters. The second-order valence-electron chi connectivity index (χ2n) is 6.70. The highest BCUT2D eigenvalue weighted by Gasteiger charge is 2.51. The summed E-state index contributed by atoms with van der Waals surface area (Å²) in [6.07, 6.45) is 8.00. The van der Waals surface area contributed by atoms with Gasteiger partial charge in [-0.25, -0.2) is 8.42 Å². The van der Waals surface area contributed by atoms with Crippen LogP contribution in [0.5, 0.6) is 0 Å². The van der Waals surface area contributed by atoms with Crippen molar-refractivity contribution in [1.29, 1.82) is 0 Å². The normalized spacial score (nSPS) is 33.1. The highest BCUT2D eigenvalue weighted by Crippen LogP contribution is 2.58. The number of rotatable bonds is 6. The van der Waals surface area contributed by atoms with Gasteiger partial charge in [0.05, 0.1) is 5.75 Å². The van der Waals surface area contributed by atoms with E-state index in [1.54, 1.807) is 14.0 Å². The Morgan fingerprint density at radius 1 is 1.10 bits per heavy atom. The third kappa shape index (κ3) is 3.02. The number of hydrogen-bond donors (Lipinski definition) is 1. The van der Waals surface area contributed by atoms with Gasteiger partial charge in [0.15, 0.2) is 0 Å². The standard InChI is InChI=1S/C15H27NO3S/c1-3-20(18,19)12-4-5-14-6-9-15(10-7-14,11-8-14)13(17)16-2/h3-12H2,1-2H3,(H,16,17). The maximum atomic E-state index is 12.0. The highest BCUT2D eigenvalue weighted by molar-refractivity contribution is 7.91. The summed E-state index contributed by atoms with van der Waals surface area (Å²) in [5.74, 6) is 0.783. The van der Waals surface area contributed by atoms with E-state index in [4.69, 9.17) is 0 Å². The number of sulfone groups is 1. The Bertz CT molecular complexity index is 445. The summed E-state index contributed by atoms with van der Waals surface area (Å²) in [4.78, 5) is 12.0. The second-order valence-corrected chi connectivity index (χ2v) is 9.17. The summed E-state index contributed by atoms with van der Waals surface area (Å²) >= 11 is 0. The number of carbonyl (C=O) groups excluding carboxylic acids is 1. The van der Waals surface area contributed by atoms with Gasteiger partial charge in [-0.3, -0.25) is 4.79 Å². The first kappa shape index (κ1) is 15.8. The molecule has 2 bridgehead atoms. The fourth-order valence-electron chi connectivity index (χ4n) is 4.06. The van der Waals surface area contributed by atoms with Gasteiger partial charge in [0, 0.05) is 18.2 Å². The van der Waals surface area contributed by atoms with Crippen molar-refractivity contribution in [3.63, 3.8) is 0 Å². The Hall–Kier alpha value is -0.580.